The van der Waals surface area contributed by atoms with Crippen LogP contribution in [-0.4, -0.2) is 63.6 Å². The number of rotatable bonds is 6. The molecule has 2 heterocycles. The second kappa shape index (κ2) is 7.49. The van der Waals surface area contributed by atoms with Crippen molar-refractivity contribution in [1.29, 1.82) is 0 Å². The third-order valence-corrected chi connectivity index (χ3v) is 5.90. The summed E-state index contributed by atoms with van der Waals surface area (Å²) in [4.78, 5) is 73.9. The Morgan fingerprint density at radius 1 is 1.16 bits per heavy atom. The van der Waals surface area contributed by atoms with Crippen LogP contribution in [0.5, 0.6) is 0 Å². The third kappa shape index (κ3) is 3.41. The zero-order valence-electron chi connectivity index (χ0n) is 16.4. The molecular weight excluding hydrogens is 408 g/mol. The van der Waals surface area contributed by atoms with Gasteiger partial charge in [-0.3, -0.25) is 34.2 Å². The van der Waals surface area contributed by atoms with Crippen molar-refractivity contribution in [3.8, 4) is 0 Å². The van der Waals surface area contributed by atoms with Crippen LogP contribution in [0.1, 0.15) is 52.8 Å². The van der Waals surface area contributed by atoms with Crippen LogP contribution in [0.25, 0.3) is 0 Å². The number of carboxylic acids is 1. The summed E-state index contributed by atoms with van der Waals surface area (Å²) in [5, 5.41) is 16.8. The largest absolute Gasteiger partial charge is 0.480 e. The molecule has 1 saturated heterocycles. The van der Waals surface area contributed by atoms with E-state index in [-0.39, 0.29) is 36.2 Å². The molecule has 0 spiro atoms. The number of carboxylic acid groups (broad SMARTS) is 1. The predicted octanol–water partition coefficient (Wildman–Crippen LogP) is -0.377. The number of hydrogen-bond acceptors (Lipinski definition) is 7. The van der Waals surface area contributed by atoms with E-state index in [1.165, 1.54) is 18.2 Å². The van der Waals surface area contributed by atoms with Crippen molar-refractivity contribution in [3.05, 3.63) is 29.3 Å². The maximum Gasteiger partial charge on any atom is 0.329 e. The molecule has 11 heteroatoms. The molecule has 1 saturated carbocycles. The van der Waals surface area contributed by atoms with E-state index in [0.29, 0.717) is 19.3 Å². The zero-order valence-corrected chi connectivity index (χ0v) is 16.4. The number of aliphatic carboxylic acids is 1. The van der Waals surface area contributed by atoms with E-state index < -0.39 is 47.1 Å². The van der Waals surface area contributed by atoms with Crippen LogP contribution < -0.4 is 16.0 Å². The Morgan fingerprint density at radius 3 is 2.52 bits per heavy atom. The lowest BCUT2D eigenvalue weighted by molar-refractivity contribution is -0.151. The molecule has 1 atom stereocenters. The average Bonchev–Trinajstić information content (AvgIpc) is 2.94. The number of nitrogens with zero attached hydrogens (tertiary/aromatic N) is 1. The molecular formula is C20H20N4O7. The van der Waals surface area contributed by atoms with E-state index in [0.717, 1.165) is 4.90 Å². The third-order valence-electron chi connectivity index (χ3n) is 5.90. The van der Waals surface area contributed by atoms with Gasteiger partial charge in [0, 0.05) is 12.1 Å². The fourth-order valence-electron chi connectivity index (χ4n) is 4.07. The summed E-state index contributed by atoms with van der Waals surface area (Å²) in [6.07, 6.45) is 1.46. The highest BCUT2D eigenvalue weighted by Gasteiger charge is 2.47. The van der Waals surface area contributed by atoms with Crippen molar-refractivity contribution in [3.63, 3.8) is 0 Å². The second-order valence-corrected chi connectivity index (χ2v) is 7.82. The van der Waals surface area contributed by atoms with E-state index in [1.54, 1.807) is 0 Å². The summed E-state index contributed by atoms with van der Waals surface area (Å²) in [6.45, 7) is -0.300. The van der Waals surface area contributed by atoms with Gasteiger partial charge in [-0.1, -0.05) is 6.07 Å². The van der Waals surface area contributed by atoms with Crippen molar-refractivity contribution >= 4 is 41.2 Å². The van der Waals surface area contributed by atoms with Crippen LogP contribution in [0, 0.1) is 0 Å². The molecule has 3 aliphatic rings. The summed E-state index contributed by atoms with van der Waals surface area (Å²) in [5.74, 6) is -4.16. The number of fused-ring (bicyclic) bond motifs is 1. The number of benzene rings is 1. The zero-order chi connectivity index (χ0) is 22.3. The Kier molecular flexibility index (Phi) is 4.96. The Morgan fingerprint density at radius 2 is 1.90 bits per heavy atom. The fourth-order valence-corrected chi connectivity index (χ4v) is 4.07. The van der Waals surface area contributed by atoms with Gasteiger partial charge in [0.25, 0.3) is 11.8 Å². The smallest absolute Gasteiger partial charge is 0.329 e. The molecule has 11 nitrogen and oxygen atoms in total. The SMILES string of the molecule is O=C1CCC(N2C(=O)c3cccc(NCC(=O)NC4(C(=O)O)CCC4)c3C2=O)C(=O)N1. The van der Waals surface area contributed by atoms with Crippen LogP contribution in [0.2, 0.25) is 0 Å². The monoisotopic (exact) mass is 428 g/mol. The number of carbonyl (C=O) groups is 6. The molecule has 162 valence electrons. The van der Waals surface area contributed by atoms with E-state index in [1.807, 2.05) is 0 Å². The number of anilines is 1. The van der Waals surface area contributed by atoms with Crippen molar-refractivity contribution in [2.45, 2.75) is 43.7 Å². The average molecular weight is 428 g/mol. The van der Waals surface area contributed by atoms with Gasteiger partial charge in [-0.15, -0.1) is 0 Å². The first-order valence-corrected chi connectivity index (χ1v) is 9.86. The maximum atomic E-state index is 13.0. The molecule has 2 fully saturated rings. The van der Waals surface area contributed by atoms with E-state index >= 15 is 0 Å². The van der Waals surface area contributed by atoms with E-state index in [2.05, 4.69) is 16.0 Å². The molecule has 2 aliphatic heterocycles. The highest BCUT2D eigenvalue weighted by atomic mass is 16.4. The van der Waals surface area contributed by atoms with Gasteiger partial charge < -0.3 is 15.7 Å². The van der Waals surface area contributed by atoms with Gasteiger partial charge in [0.15, 0.2) is 0 Å². The lowest BCUT2D eigenvalue weighted by Crippen LogP contribution is -2.60. The van der Waals surface area contributed by atoms with Crippen LogP contribution in [0.3, 0.4) is 0 Å². The number of nitrogens with one attached hydrogen (secondary N) is 3. The molecule has 4 N–H and O–H groups in total. The molecule has 1 aliphatic carbocycles. The highest BCUT2D eigenvalue weighted by molar-refractivity contribution is 6.25. The number of hydrogen-bond donors (Lipinski definition) is 4. The summed E-state index contributed by atoms with van der Waals surface area (Å²) >= 11 is 0. The first kappa shape index (κ1) is 20.5. The van der Waals surface area contributed by atoms with Crippen molar-refractivity contribution < 1.29 is 33.9 Å². The Hall–Kier alpha value is -3.76. The first-order chi connectivity index (χ1) is 14.7. The molecule has 1 aromatic rings. The van der Waals surface area contributed by atoms with Crippen LogP contribution >= 0.6 is 0 Å². The predicted molar refractivity (Wildman–Crippen MR) is 104 cm³/mol. The van der Waals surface area contributed by atoms with Gasteiger partial charge in [-0.25, -0.2) is 4.79 Å². The van der Waals surface area contributed by atoms with Crippen LogP contribution in [0.15, 0.2) is 18.2 Å². The lowest BCUT2D eigenvalue weighted by atomic mass is 9.77. The molecule has 0 aromatic heterocycles. The minimum absolute atomic E-state index is 0.0143. The van der Waals surface area contributed by atoms with Crippen molar-refractivity contribution in [1.82, 2.24) is 15.5 Å². The number of imide groups is 2. The number of carbonyl (C=O) groups excluding carboxylic acids is 5. The summed E-state index contributed by atoms with van der Waals surface area (Å²) in [7, 11) is 0. The second-order valence-electron chi connectivity index (χ2n) is 7.82. The van der Waals surface area contributed by atoms with Crippen molar-refractivity contribution in [2.24, 2.45) is 0 Å². The molecule has 31 heavy (non-hydrogen) atoms. The van der Waals surface area contributed by atoms with Crippen LogP contribution in [0.4, 0.5) is 5.69 Å². The normalized spacial score (nSPS) is 21.8. The van der Waals surface area contributed by atoms with Gasteiger partial charge in [-0.05, 0) is 37.8 Å². The molecule has 0 bridgehead atoms. The quantitative estimate of drug-likeness (QED) is 0.446. The number of amides is 5. The molecule has 5 amide bonds. The van der Waals surface area contributed by atoms with E-state index in [4.69, 9.17) is 0 Å². The Balaban J connectivity index is 1.50. The standard InChI is InChI=1S/C20H20N4O7/c25-13-6-5-12(16(27)22-13)24-17(28)10-3-1-4-11(15(10)18(24)29)21-9-14(26)23-20(19(30)31)7-2-8-20/h1,3-4,12,21H,2,5-9H2,(H,23,26)(H,30,31)(H,22,25,27). The fraction of sp³-hybridized carbons (Fsp3) is 0.400. The molecule has 1 unspecified atom stereocenters. The minimum atomic E-state index is -1.26. The molecule has 1 aromatic carbocycles. The van der Waals surface area contributed by atoms with Gasteiger partial charge in [-0.2, -0.15) is 0 Å². The van der Waals surface area contributed by atoms with Crippen molar-refractivity contribution in [2.75, 3.05) is 11.9 Å². The van der Waals surface area contributed by atoms with Crippen LogP contribution in [-0.2, 0) is 19.2 Å². The lowest BCUT2D eigenvalue weighted by Gasteiger charge is -2.38. The van der Waals surface area contributed by atoms with Gasteiger partial charge in [0.2, 0.25) is 17.7 Å². The van der Waals surface area contributed by atoms with Gasteiger partial charge >= 0.3 is 5.97 Å². The maximum absolute atomic E-state index is 13.0. The Labute approximate surface area is 176 Å². The minimum Gasteiger partial charge on any atom is -0.480 e. The number of piperidine rings is 1. The van der Waals surface area contributed by atoms with Gasteiger partial charge in [0.1, 0.15) is 11.6 Å². The highest BCUT2D eigenvalue weighted by Crippen LogP contribution is 2.33. The summed E-state index contributed by atoms with van der Waals surface area (Å²) in [5.41, 5.74) is -0.923. The first-order valence-electron chi connectivity index (χ1n) is 9.86. The molecule has 4 rings (SSSR count). The van der Waals surface area contributed by atoms with E-state index in [9.17, 15) is 33.9 Å². The Bertz CT molecular complexity index is 1030. The molecule has 0 radical (unpaired) electrons. The van der Waals surface area contributed by atoms with Gasteiger partial charge in [0.05, 0.1) is 17.7 Å². The summed E-state index contributed by atoms with van der Waals surface area (Å²) < 4.78 is 0. The topological polar surface area (TPSA) is 162 Å². The summed E-state index contributed by atoms with van der Waals surface area (Å²) in [6, 6.07) is 3.40.